The number of hydrogen-bond acceptors (Lipinski definition) is 4. The van der Waals surface area contributed by atoms with Crippen molar-refractivity contribution in [3.8, 4) is 6.07 Å². The summed E-state index contributed by atoms with van der Waals surface area (Å²) in [5.41, 5.74) is 2.33. The van der Waals surface area contributed by atoms with Crippen LogP contribution >= 0.6 is 11.3 Å². The van der Waals surface area contributed by atoms with Crippen LogP contribution in [0.5, 0.6) is 0 Å². The van der Waals surface area contributed by atoms with Gasteiger partial charge in [-0.1, -0.05) is 0 Å². The first kappa shape index (κ1) is 12.1. The van der Waals surface area contributed by atoms with Crippen LogP contribution < -0.4 is 4.90 Å². The lowest BCUT2D eigenvalue weighted by molar-refractivity contribution is 0.0702. The van der Waals surface area contributed by atoms with Gasteiger partial charge in [0.1, 0.15) is 4.88 Å². The maximum atomic E-state index is 10.8. The highest BCUT2D eigenvalue weighted by Gasteiger charge is 2.10. The molecule has 0 saturated heterocycles. The average molecular weight is 258 g/mol. The van der Waals surface area contributed by atoms with E-state index in [2.05, 4.69) is 6.07 Å². The Morgan fingerprint density at radius 2 is 2.00 bits per heavy atom. The minimum atomic E-state index is -0.917. The molecule has 0 fully saturated rings. The van der Waals surface area contributed by atoms with Gasteiger partial charge >= 0.3 is 5.97 Å². The van der Waals surface area contributed by atoms with Gasteiger partial charge in [-0.05, 0) is 30.3 Å². The van der Waals surface area contributed by atoms with Crippen LogP contribution in [0.3, 0.4) is 0 Å². The van der Waals surface area contributed by atoms with Crippen LogP contribution in [0, 0.1) is 11.3 Å². The van der Waals surface area contributed by atoms with Crippen LogP contribution in [0.25, 0.3) is 0 Å². The van der Waals surface area contributed by atoms with Gasteiger partial charge in [0.2, 0.25) is 0 Å². The zero-order valence-corrected chi connectivity index (χ0v) is 10.4. The lowest BCUT2D eigenvalue weighted by Crippen LogP contribution is -2.08. The molecular formula is C13H10N2O2S. The molecule has 0 aliphatic rings. The average Bonchev–Trinajstić information content (AvgIpc) is 2.88. The molecular weight excluding hydrogens is 248 g/mol. The Morgan fingerprint density at radius 1 is 1.33 bits per heavy atom. The molecule has 2 aromatic rings. The monoisotopic (exact) mass is 258 g/mol. The summed E-state index contributed by atoms with van der Waals surface area (Å²) < 4.78 is 0. The Bertz CT molecular complexity index is 611. The lowest BCUT2D eigenvalue weighted by Gasteiger charge is -2.17. The van der Waals surface area contributed by atoms with Crippen molar-refractivity contribution < 1.29 is 9.90 Å². The molecule has 0 aliphatic heterocycles. The van der Waals surface area contributed by atoms with E-state index in [1.807, 2.05) is 24.1 Å². The van der Waals surface area contributed by atoms with Crippen molar-refractivity contribution in [2.75, 3.05) is 11.9 Å². The molecule has 4 nitrogen and oxygen atoms in total. The number of nitrogens with zero attached hydrogens (tertiary/aromatic N) is 2. The zero-order valence-electron chi connectivity index (χ0n) is 9.62. The molecule has 0 spiro atoms. The molecule has 1 N–H and O–H groups in total. The Balaban J connectivity index is 2.26. The van der Waals surface area contributed by atoms with Crippen LogP contribution in [0.15, 0.2) is 35.7 Å². The standard InChI is InChI=1S/C13H10N2O2S/c1-15(10-4-2-9(7-14)3-5-10)11-6-12(13(16)17)18-8-11/h2-6,8H,1H3,(H,16,17). The van der Waals surface area contributed by atoms with Gasteiger partial charge in [0.25, 0.3) is 0 Å². The molecule has 90 valence electrons. The van der Waals surface area contributed by atoms with Gasteiger partial charge in [-0.25, -0.2) is 4.79 Å². The molecule has 1 aromatic carbocycles. The van der Waals surface area contributed by atoms with E-state index in [9.17, 15) is 4.79 Å². The summed E-state index contributed by atoms with van der Waals surface area (Å²) in [4.78, 5) is 13.0. The molecule has 2 rings (SSSR count). The summed E-state index contributed by atoms with van der Waals surface area (Å²) in [7, 11) is 1.86. The molecule has 1 aromatic heterocycles. The summed E-state index contributed by atoms with van der Waals surface area (Å²) >= 11 is 1.19. The minimum absolute atomic E-state index is 0.311. The van der Waals surface area contributed by atoms with E-state index in [0.29, 0.717) is 10.4 Å². The first-order valence-corrected chi connectivity index (χ1v) is 6.05. The van der Waals surface area contributed by atoms with E-state index in [-0.39, 0.29) is 0 Å². The predicted molar refractivity (Wildman–Crippen MR) is 70.5 cm³/mol. The number of nitriles is 1. The van der Waals surface area contributed by atoms with Gasteiger partial charge in [0.05, 0.1) is 17.3 Å². The number of thiophene rings is 1. The predicted octanol–water partition coefficient (Wildman–Crippen LogP) is 3.09. The van der Waals surface area contributed by atoms with E-state index in [1.165, 1.54) is 11.3 Å². The molecule has 0 radical (unpaired) electrons. The highest BCUT2D eigenvalue weighted by atomic mass is 32.1. The SMILES string of the molecule is CN(c1ccc(C#N)cc1)c1csc(C(=O)O)c1. The fraction of sp³-hybridized carbons (Fsp3) is 0.0769. The molecule has 0 unspecified atom stereocenters. The molecule has 0 saturated carbocycles. The van der Waals surface area contributed by atoms with Crippen molar-refractivity contribution >= 4 is 28.7 Å². The van der Waals surface area contributed by atoms with Crippen molar-refractivity contribution in [2.45, 2.75) is 0 Å². The molecule has 0 aliphatic carbocycles. The Kier molecular flexibility index (Phi) is 3.31. The summed E-state index contributed by atoms with van der Waals surface area (Å²) in [6.45, 7) is 0. The second-order valence-corrected chi connectivity index (χ2v) is 4.60. The molecule has 5 heteroatoms. The van der Waals surface area contributed by atoms with E-state index < -0.39 is 5.97 Å². The molecule has 0 amide bonds. The third-order valence-electron chi connectivity index (χ3n) is 2.57. The molecule has 18 heavy (non-hydrogen) atoms. The number of benzene rings is 1. The number of carboxylic acid groups (broad SMARTS) is 1. The lowest BCUT2D eigenvalue weighted by atomic mass is 10.2. The van der Waals surface area contributed by atoms with Gasteiger partial charge < -0.3 is 10.0 Å². The van der Waals surface area contributed by atoms with Gasteiger partial charge in [0.15, 0.2) is 0 Å². The van der Waals surface area contributed by atoms with Crippen LogP contribution in [0.1, 0.15) is 15.2 Å². The van der Waals surface area contributed by atoms with Crippen molar-refractivity contribution in [1.29, 1.82) is 5.26 Å². The van der Waals surface area contributed by atoms with Crippen LogP contribution in [-0.4, -0.2) is 18.1 Å². The van der Waals surface area contributed by atoms with Crippen LogP contribution in [-0.2, 0) is 0 Å². The highest BCUT2D eigenvalue weighted by molar-refractivity contribution is 7.12. The van der Waals surface area contributed by atoms with E-state index in [1.54, 1.807) is 23.6 Å². The number of carboxylic acids is 1. The van der Waals surface area contributed by atoms with Gasteiger partial charge in [-0.2, -0.15) is 5.26 Å². The van der Waals surface area contributed by atoms with Crippen molar-refractivity contribution in [3.05, 3.63) is 46.2 Å². The summed E-state index contributed by atoms with van der Waals surface area (Å²) in [6.07, 6.45) is 0. The van der Waals surface area contributed by atoms with Crippen molar-refractivity contribution in [1.82, 2.24) is 0 Å². The highest BCUT2D eigenvalue weighted by Crippen LogP contribution is 2.28. The summed E-state index contributed by atoms with van der Waals surface area (Å²) in [6, 6.07) is 10.8. The minimum Gasteiger partial charge on any atom is -0.477 e. The fourth-order valence-corrected chi connectivity index (χ4v) is 2.29. The Morgan fingerprint density at radius 3 is 2.50 bits per heavy atom. The number of aromatic carboxylic acids is 1. The molecule has 0 bridgehead atoms. The van der Waals surface area contributed by atoms with E-state index >= 15 is 0 Å². The summed E-state index contributed by atoms with van der Waals surface area (Å²) in [5.74, 6) is -0.917. The largest absolute Gasteiger partial charge is 0.477 e. The number of carbonyl (C=O) groups is 1. The maximum absolute atomic E-state index is 10.8. The van der Waals surface area contributed by atoms with E-state index in [0.717, 1.165) is 11.4 Å². The van der Waals surface area contributed by atoms with Gasteiger partial charge in [0, 0.05) is 18.1 Å². The first-order valence-electron chi connectivity index (χ1n) is 5.17. The number of hydrogen-bond donors (Lipinski definition) is 1. The van der Waals surface area contributed by atoms with E-state index in [4.69, 9.17) is 10.4 Å². The first-order chi connectivity index (χ1) is 8.61. The Hall–Kier alpha value is -2.32. The van der Waals surface area contributed by atoms with Crippen LogP contribution in [0.4, 0.5) is 11.4 Å². The second kappa shape index (κ2) is 4.90. The number of rotatable bonds is 3. The zero-order chi connectivity index (χ0) is 13.1. The quantitative estimate of drug-likeness (QED) is 0.918. The normalized spacial score (nSPS) is 9.78. The third-order valence-corrected chi connectivity index (χ3v) is 3.47. The maximum Gasteiger partial charge on any atom is 0.345 e. The van der Waals surface area contributed by atoms with Gasteiger partial charge in [-0.3, -0.25) is 0 Å². The third kappa shape index (κ3) is 2.34. The molecule has 0 atom stereocenters. The van der Waals surface area contributed by atoms with Crippen LogP contribution in [0.2, 0.25) is 0 Å². The van der Waals surface area contributed by atoms with Crippen molar-refractivity contribution in [3.63, 3.8) is 0 Å². The smallest absolute Gasteiger partial charge is 0.345 e. The summed E-state index contributed by atoms with van der Waals surface area (Å²) in [5, 5.41) is 19.4. The fourth-order valence-electron chi connectivity index (χ4n) is 1.52. The second-order valence-electron chi connectivity index (χ2n) is 3.69. The number of anilines is 2. The topological polar surface area (TPSA) is 64.3 Å². The molecule has 1 heterocycles. The Labute approximate surface area is 108 Å². The van der Waals surface area contributed by atoms with Gasteiger partial charge in [-0.15, -0.1) is 11.3 Å². The van der Waals surface area contributed by atoms with Crippen molar-refractivity contribution in [2.24, 2.45) is 0 Å².